The number of esters is 1. The van der Waals surface area contributed by atoms with Crippen molar-refractivity contribution in [1.29, 1.82) is 0 Å². The first kappa shape index (κ1) is 23.4. The Bertz CT molecular complexity index is 1090. The molecule has 0 bridgehead atoms. The Morgan fingerprint density at radius 1 is 1.33 bits per heavy atom. The normalized spacial score (nSPS) is 17.6. The number of hydrogen-bond acceptors (Lipinski definition) is 8. The molecule has 0 saturated carbocycles. The van der Waals surface area contributed by atoms with Crippen LogP contribution in [0.5, 0.6) is 5.75 Å². The third-order valence-corrected chi connectivity index (χ3v) is 6.49. The second-order valence-corrected chi connectivity index (χ2v) is 9.40. The van der Waals surface area contributed by atoms with Crippen molar-refractivity contribution in [3.8, 4) is 22.1 Å². The molecule has 33 heavy (non-hydrogen) atoms. The molecule has 9 heteroatoms. The Hall–Kier alpha value is -2.75. The van der Waals surface area contributed by atoms with Gasteiger partial charge in [-0.2, -0.15) is 5.10 Å². The van der Waals surface area contributed by atoms with Gasteiger partial charge in [-0.3, -0.25) is 0 Å². The van der Waals surface area contributed by atoms with E-state index in [9.17, 15) is 4.79 Å². The van der Waals surface area contributed by atoms with Gasteiger partial charge in [-0.05, 0) is 57.9 Å². The summed E-state index contributed by atoms with van der Waals surface area (Å²) in [6, 6.07) is 8.05. The molecule has 4 rings (SSSR count). The van der Waals surface area contributed by atoms with Gasteiger partial charge in [-0.1, -0.05) is 0 Å². The summed E-state index contributed by atoms with van der Waals surface area (Å²) in [5.41, 5.74) is 2.87. The maximum Gasteiger partial charge on any atom is 0.341 e. The predicted octanol–water partition coefficient (Wildman–Crippen LogP) is 4.23. The molecule has 0 unspecified atom stereocenters. The number of aromatic nitrogens is 3. The average Bonchev–Trinajstić information content (AvgIpc) is 3.44. The minimum atomic E-state index is -0.375. The van der Waals surface area contributed by atoms with E-state index in [1.807, 2.05) is 29.6 Å². The molecule has 3 heterocycles. The summed E-state index contributed by atoms with van der Waals surface area (Å²) in [4.78, 5) is 17.4. The van der Waals surface area contributed by atoms with Crippen LogP contribution in [0.15, 0.2) is 35.8 Å². The Kier molecular flexibility index (Phi) is 7.11. The summed E-state index contributed by atoms with van der Waals surface area (Å²) in [6.07, 6.45) is 3.39. The second kappa shape index (κ2) is 10.0. The van der Waals surface area contributed by atoms with Crippen molar-refractivity contribution >= 4 is 17.3 Å². The lowest BCUT2D eigenvalue weighted by Crippen LogP contribution is -2.43. The number of nitrogens with zero attached hydrogens (tertiary/aromatic N) is 3. The lowest BCUT2D eigenvalue weighted by Gasteiger charge is -2.36. The van der Waals surface area contributed by atoms with Gasteiger partial charge in [0, 0.05) is 30.1 Å². The fourth-order valence-electron chi connectivity index (χ4n) is 3.99. The lowest BCUT2D eigenvalue weighted by molar-refractivity contribution is -0.0631. The molecule has 176 valence electrons. The van der Waals surface area contributed by atoms with Crippen LogP contribution in [0.25, 0.3) is 16.4 Å². The van der Waals surface area contributed by atoms with Crippen LogP contribution in [-0.2, 0) is 16.0 Å². The molecule has 3 aromatic rings. The van der Waals surface area contributed by atoms with Crippen molar-refractivity contribution in [2.24, 2.45) is 0 Å². The van der Waals surface area contributed by atoms with E-state index in [0.29, 0.717) is 36.5 Å². The molecule has 1 N–H and O–H groups in total. The number of nitrogens with one attached hydrogen (secondary N) is 1. The van der Waals surface area contributed by atoms with E-state index >= 15 is 0 Å². The number of thiazole rings is 1. The fraction of sp³-hybridized carbons (Fsp3) is 0.458. The predicted molar refractivity (Wildman–Crippen MR) is 127 cm³/mol. The van der Waals surface area contributed by atoms with Crippen molar-refractivity contribution < 1.29 is 19.0 Å². The molecule has 1 atom stereocenters. The van der Waals surface area contributed by atoms with Gasteiger partial charge in [0.1, 0.15) is 11.3 Å². The largest absolute Gasteiger partial charge is 0.497 e. The molecule has 1 fully saturated rings. The molecule has 1 aromatic carbocycles. The van der Waals surface area contributed by atoms with Crippen molar-refractivity contribution in [1.82, 2.24) is 20.1 Å². The summed E-state index contributed by atoms with van der Waals surface area (Å²) >= 11 is 1.48. The van der Waals surface area contributed by atoms with Crippen LogP contribution in [0.3, 0.4) is 0 Å². The number of methoxy groups -OCH3 is 1. The molecule has 1 saturated heterocycles. The SMILES string of the molecule is CCOC(=O)c1cnn(-c2nc(-c3ccc(OC)cc3)cs2)c1CN[C@H]1CCOC(C)(C)C1. The third kappa shape index (κ3) is 5.43. The molecular formula is C24H30N4O4S. The highest BCUT2D eigenvalue weighted by Gasteiger charge is 2.29. The van der Waals surface area contributed by atoms with E-state index in [0.717, 1.165) is 35.5 Å². The molecule has 0 aliphatic carbocycles. The summed E-state index contributed by atoms with van der Waals surface area (Å²) in [7, 11) is 1.64. The quantitative estimate of drug-likeness (QED) is 0.493. The number of hydrogen-bond donors (Lipinski definition) is 1. The van der Waals surface area contributed by atoms with Gasteiger partial charge in [0.15, 0.2) is 0 Å². The molecule has 0 amide bonds. The summed E-state index contributed by atoms with van der Waals surface area (Å²) < 4.78 is 18.1. The van der Waals surface area contributed by atoms with E-state index < -0.39 is 0 Å². The van der Waals surface area contributed by atoms with E-state index in [-0.39, 0.29) is 11.6 Å². The van der Waals surface area contributed by atoms with Crippen LogP contribution in [0.2, 0.25) is 0 Å². The molecule has 1 aliphatic heterocycles. The first-order chi connectivity index (χ1) is 15.9. The Balaban J connectivity index is 1.60. The zero-order valence-corrected chi connectivity index (χ0v) is 20.3. The number of carbonyl (C=O) groups is 1. The fourth-order valence-corrected chi connectivity index (χ4v) is 4.81. The van der Waals surface area contributed by atoms with Gasteiger partial charge in [-0.25, -0.2) is 14.5 Å². The number of ether oxygens (including phenoxy) is 3. The third-order valence-electron chi connectivity index (χ3n) is 5.68. The minimum Gasteiger partial charge on any atom is -0.497 e. The van der Waals surface area contributed by atoms with Gasteiger partial charge in [-0.15, -0.1) is 11.3 Å². The van der Waals surface area contributed by atoms with Crippen LogP contribution in [0.1, 0.15) is 49.7 Å². The average molecular weight is 471 g/mol. The van der Waals surface area contributed by atoms with Crippen LogP contribution >= 0.6 is 11.3 Å². The summed E-state index contributed by atoms with van der Waals surface area (Å²) in [5.74, 6) is 0.421. The molecule has 0 spiro atoms. The summed E-state index contributed by atoms with van der Waals surface area (Å²) in [6.45, 7) is 7.51. The highest BCUT2D eigenvalue weighted by Crippen LogP contribution is 2.28. The van der Waals surface area contributed by atoms with Crippen LogP contribution in [-0.4, -0.2) is 52.7 Å². The van der Waals surface area contributed by atoms with Gasteiger partial charge in [0.2, 0.25) is 5.13 Å². The van der Waals surface area contributed by atoms with E-state index in [2.05, 4.69) is 24.3 Å². The molecular weight excluding hydrogens is 440 g/mol. The van der Waals surface area contributed by atoms with Crippen LogP contribution in [0, 0.1) is 0 Å². The standard InChI is InChI=1S/C24H30N4O4S/c1-5-31-22(29)19-13-26-28(21(19)14-25-17-10-11-32-24(2,3)12-17)23-27-20(15-33-23)16-6-8-18(30-4)9-7-16/h6-9,13,15,17,25H,5,10-12,14H2,1-4H3/t17-/m0/s1. The maximum atomic E-state index is 12.6. The highest BCUT2D eigenvalue weighted by molar-refractivity contribution is 7.12. The first-order valence-corrected chi connectivity index (χ1v) is 12.0. The monoisotopic (exact) mass is 470 g/mol. The van der Waals surface area contributed by atoms with Gasteiger partial charge >= 0.3 is 5.97 Å². The minimum absolute atomic E-state index is 0.164. The van der Waals surface area contributed by atoms with E-state index in [4.69, 9.17) is 19.2 Å². The topological polar surface area (TPSA) is 87.5 Å². The number of benzene rings is 1. The van der Waals surface area contributed by atoms with Crippen molar-refractivity contribution in [2.45, 2.75) is 51.8 Å². The Morgan fingerprint density at radius 2 is 2.12 bits per heavy atom. The number of rotatable bonds is 8. The van der Waals surface area contributed by atoms with E-state index in [1.165, 1.54) is 11.3 Å². The smallest absolute Gasteiger partial charge is 0.341 e. The molecule has 1 aliphatic rings. The van der Waals surface area contributed by atoms with Gasteiger partial charge < -0.3 is 19.5 Å². The Morgan fingerprint density at radius 3 is 2.82 bits per heavy atom. The Labute approximate surface area is 197 Å². The number of carbonyl (C=O) groups excluding carboxylic acids is 1. The van der Waals surface area contributed by atoms with E-state index in [1.54, 1.807) is 24.9 Å². The van der Waals surface area contributed by atoms with Crippen molar-refractivity contribution in [3.05, 3.63) is 47.1 Å². The van der Waals surface area contributed by atoms with Gasteiger partial charge in [0.25, 0.3) is 0 Å². The second-order valence-electron chi connectivity index (χ2n) is 8.56. The molecule has 8 nitrogen and oxygen atoms in total. The summed E-state index contributed by atoms with van der Waals surface area (Å²) in [5, 5.41) is 10.8. The molecule has 0 radical (unpaired) electrons. The van der Waals surface area contributed by atoms with Crippen LogP contribution in [0.4, 0.5) is 0 Å². The maximum absolute atomic E-state index is 12.6. The zero-order valence-electron chi connectivity index (χ0n) is 19.5. The van der Waals surface area contributed by atoms with Crippen molar-refractivity contribution in [2.75, 3.05) is 20.3 Å². The van der Waals surface area contributed by atoms with Crippen LogP contribution < -0.4 is 10.1 Å². The lowest BCUT2D eigenvalue weighted by atomic mass is 9.94. The van der Waals surface area contributed by atoms with Gasteiger partial charge in [0.05, 0.1) is 36.9 Å². The highest BCUT2D eigenvalue weighted by atomic mass is 32.1. The first-order valence-electron chi connectivity index (χ1n) is 11.1. The van der Waals surface area contributed by atoms with Crippen molar-refractivity contribution in [3.63, 3.8) is 0 Å². The zero-order chi connectivity index (χ0) is 23.4. The molecule has 2 aromatic heterocycles.